The van der Waals surface area contributed by atoms with Crippen molar-refractivity contribution in [2.45, 2.75) is 50.9 Å². The molecule has 0 aromatic rings. The highest BCUT2D eigenvalue weighted by atomic mass is 32.2. The first-order valence-corrected chi connectivity index (χ1v) is 6.75. The Kier molecular flexibility index (Phi) is 4.80. The molecule has 1 rings (SSSR count). The van der Waals surface area contributed by atoms with E-state index in [-0.39, 0.29) is 29.1 Å². The zero-order chi connectivity index (χ0) is 12.3. The van der Waals surface area contributed by atoms with Crippen LogP contribution in [0.3, 0.4) is 0 Å². The van der Waals surface area contributed by atoms with Gasteiger partial charge in [-0.15, -0.1) is 11.8 Å². The van der Waals surface area contributed by atoms with Crippen LogP contribution in [0, 0.1) is 0 Å². The highest BCUT2D eigenvalue weighted by Crippen LogP contribution is 2.27. The lowest BCUT2D eigenvalue weighted by Gasteiger charge is -2.19. The van der Waals surface area contributed by atoms with Crippen LogP contribution in [0.2, 0.25) is 0 Å². The van der Waals surface area contributed by atoms with Gasteiger partial charge in [-0.1, -0.05) is 6.92 Å². The van der Waals surface area contributed by atoms with Crippen molar-refractivity contribution in [1.29, 1.82) is 0 Å². The number of nitrogens with zero attached hydrogens (tertiary/aromatic N) is 1. The lowest BCUT2D eigenvalue weighted by atomic mass is 10.3. The molecule has 2 atom stereocenters. The summed E-state index contributed by atoms with van der Waals surface area (Å²) in [6, 6.07) is 0.0754. The summed E-state index contributed by atoms with van der Waals surface area (Å²) in [6.45, 7) is 5.74. The van der Waals surface area contributed by atoms with Crippen LogP contribution in [0.4, 0.5) is 0 Å². The second kappa shape index (κ2) is 5.68. The van der Waals surface area contributed by atoms with Gasteiger partial charge < -0.3 is 5.73 Å². The number of carbonyl (C=O) groups excluding carboxylic acids is 2. The van der Waals surface area contributed by atoms with Crippen molar-refractivity contribution in [2.75, 3.05) is 5.75 Å². The molecule has 0 spiro atoms. The Bertz CT molecular complexity index is 281. The van der Waals surface area contributed by atoms with Crippen LogP contribution in [0.5, 0.6) is 0 Å². The molecule has 1 aliphatic rings. The van der Waals surface area contributed by atoms with E-state index in [1.165, 1.54) is 16.7 Å². The van der Waals surface area contributed by atoms with Crippen molar-refractivity contribution in [3.05, 3.63) is 0 Å². The molecule has 0 radical (unpaired) electrons. The second-order valence-corrected chi connectivity index (χ2v) is 5.63. The molecule has 5 heteroatoms. The van der Waals surface area contributed by atoms with E-state index in [1.54, 1.807) is 0 Å². The molecule has 2 amide bonds. The minimum absolute atomic E-state index is 0.0366. The van der Waals surface area contributed by atoms with E-state index in [2.05, 4.69) is 0 Å². The molecule has 92 valence electrons. The van der Waals surface area contributed by atoms with Crippen LogP contribution < -0.4 is 5.73 Å². The zero-order valence-electron chi connectivity index (χ0n) is 10.1. The van der Waals surface area contributed by atoms with Crippen LogP contribution in [0.15, 0.2) is 0 Å². The monoisotopic (exact) mass is 244 g/mol. The predicted molar refractivity (Wildman–Crippen MR) is 66.1 cm³/mol. The number of nitrogens with two attached hydrogens (primary N) is 1. The molecular weight excluding hydrogens is 224 g/mol. The molecule has 2 N–H and O–H groups in total. The number of thioether (sulfide) groups is 1. The van der Waals surface area contributed by atoms with Crippen molar-refractivity contribution < 1.29 is 9.59 Å². The predicted octanol–water partition coefficient (Wildman–Crippen LogP) is 0.993. The van der Waals surface area contributed by atoms with Gasteiger partial charge in [0.15, 0.2) is 0 Å². The number of hydrogen-bond acceptors (Lipinski definition) is 4. The fourth-order valence-electron chi connectivity index (χ4n) is 1.65. The number of rotatable bonds is 5. The Morgan fingerprint density at radius 2 is 2.12 bits per heavy atom. The summed E-state index contributed by atoms with van der Waals surface area (Å²) < 4.78 is 0. The van der Waals surface area contributed by atoms with Gasteiger partial charge in [0.05, 0.1) is 5.25 Å². The molecule has 1 saturated heterocycles. The normalized spacial score (nSPS) is 23.3. The molecule has 0 bridgehead atoms. The highest BCUT2D eigenvalue weighted by Gasteiger charge is 2.40. The summed E-state index contributed by atoms with van der Waals surface area (Å²) in [5.41, 5.74) is 5.79. The van der Waals surface area contributed by atoms with E-state index in [1.807, 2.05) is 20.8 Å². The van der Waals surface area contributed by atoms with E-state index < -0.39 is 0 Å². The lowest BCUT2D eigenvalue weighted by Crippen LogP contribution is -2.37. The minimum atomic E-state index is -0.215. The van der Waals surface area contributed by atoms with Gasteiger partial charge >= 0.3 is 0 Å². The van der Waals surface area contributed by atoms with Gasteiger partial charge in [0.1, 0.15) is 0 Å². The third kappa shape index (κ3) is 2.98. The molecule has 0 aliphatic carbocycles. The third-order valence-electron chi connectivity index (χ3n) is 2.69. The molecule has 0 aromatic heterocycles. The average molecular weight is 244 g/mol. The fourth-order valence-corrected chi connectivity index (χ4v) is 2.88. The van der Waals surface area contributed by atoms with Crippen molar-refractivity contribution >= 4 is 23.6 Å². The van der Waals surface area contributed by atoms with Gasteiger partial charge in [-0.05, 0) is 20.3 Å². The number of hydrogen-bond donors (Lipinski definition) is 1. The average Bonchev–Trinajstić information content (AvgIpc) is 2.50. The van der Waals surface area contributed by atoms with Crippen LogP contribution in [-0.4, -0.2) is 39.8 Å². The van der Waals surface area contributed by atoms with Crippen molar-refractivity contribution in [1.82, 2.24) is 4.90 Å². The van der Waals surface area contributed by atoms with Crippen LogP contribution in [-0.2, 0) is 9.59 Å². The fraction of sp³-hybridized carbons (Fsp3) is 0.818. The molecule has 1 fully saturated rings. The van der Waals surface area contributed by atoms with Gasteiger partial charge in [0, 0.05) is 24.3 Å². The van der Waals surface area contributed by atoms with E-state index in [4.69, 9.17) is 5.73 Å². The van der Waals surface area contributed by atoms with Crippen LogP contribution >= 0.6 is 11.8 Å². The van der Waals surface area contributed by atoms with E-state index in [9.17, 15) is 9.59 Å². The summed E-state index contributed by atoms with van der Waals surface area (Å²) in [5, 5.41) is -0.215. The van der Waals surface area contributed by atoms with Gasteiger partial charge in [-0.3, -0.25) is 14.5 Å². The molecule has 1 aliphatic heterocycles. The maximum absolute atomic E-state index is 11.9. The lowest BCUT2D eigenvalue weighted by molar-refractivity contribution is -0.140. The quantitative estimate of drug-likeness (QED) is 0.733. The summed E-state index contributed by atoms with van der Waals surface area (Å²) in [4.78, 5) is 24.9. The molecule has 4 nitrogen and oxygen atoms in total. The van der Waals surface area contributed by atoms with Crippen molar-refractivity contribution in [3.63, 3.8) is 0 Å². The number of imide groups is 1. The smallest absolute Gasteiger partial charge is 0.243 e. The van der Waals surface area contributed by atoms with Crippen molar-refractivity contribution in [3.8, 4) is 0 Å². The molecule has 1 heterocycles. The van der Waals surface area contributed by atoms with Gasteiger partial charge in [0.25, 0.3) is 0 Å². The summed E-state index contributed by atoms with van der Waals surface area (Å²) >= 11 is 1.51. The Morgan fingerprint density at radius 1 is 1.50 bits per heavy atom. The van der Waals surface area contributed by atoms with Crippen LogP contribution in [0.1, 0.15) is 33.6 Å². The topological polar surface area (TPSA) is 63.4 Å². The number of carbonyl (C=O) groups is 2. The van der Waals surface area contributed by atoms with Gasteiger partial charge in [0.2, 0.25) is 11.8 Å². The zero-order valence-corrected chi connectivity index (χ0v) is 10.9. The molecule has 0 aromatic carbocycles. The van der Waals surface area contributed by atoms with Crippen molar-refractivity contribution in [2.24, 2.45) is 5.73 Å². The Morgan fingerprint density at radius 3 is 2.56 bits per heavy atom. The summed E-state index contributed by atoms with van der Waals surface area (Å²) in [7, 11) is 0. The molecular formula is C11H20N2O2S. The Balaban J connectivity index is 2.52. The second-order valence-electron chi connectivity index (χ2n) is 4.39. The Hall–Kier alpha value is -0.550. The Labute approximate surface area is 101 Å². The van der Waals surface area contributed by atoms with Gasteiger partial charge in [-0.25, -0.2) is 0 Å². The van der Waals surface area contributed by atoms with E-state index >= 15 is 0 Å². The SMILES string of the molecule is CCC(N)CSC1CC(=O)N(C(C)C)C1=O. The van der Waals surface area contributed by atoms with Gasteiger partial charge in [-0.2, -0.15) is 0 Å². The molecule has 2 unspecified atom stereocenters. The van der Waals surface area contributed by atoms with E-state index in [0.29, 0.717) is 6.42 Å². The molecule has 16 heavy (non-hydrogen) atoms. The number of likely N-dealkylation sites (tertiary alicyclic amines) is 1. The standard InChI is InChI=1S/C11H20N2O2S/c1-4-8(12)6-16-9-5-10(14)13(7(2)3)11(9)15/h7-9H,4-6,12H2,1-3H3. The minimum Gasteiger partial charge on any atom is -0.327 e. The summed E-state index contributed by atoms with van der Waals surface area (Å²) in [6.07, 6.45) is 1.23. The first-order valence-electron chi connectivity index (χ1n) is 5.70. The molecule has 0 saturated carbocycles. The number of amides is 2. The maximum Gasteiger partial charge on any atom is 0.243 e. The summed E-state index contributed by atoms with van der Waals surface area (Å²) in [5.74, 6) is 0.641. The third-order valence-corrected chi connectivity index (χ3v) is 4.09. The first kappa shape index (κ1) is 13.5. The highest BCUT2D eigenvalue weighted by molar-refractivity contribution is 8.00. The first-order chi connectivity index (χ1) is 7.47. The maximum atomic E-state index is 11.9. The van der Waals surface area contributed by atoms with Crippen LogP contribution in [0.25, 0.3) is 0 Å². The largest absolute Gasteiger partial charge is 0.327 e. The van der Waals surface area contributed by atoms with E-state index in [0.717, 1.165) is 12.2 Å².